The molecule has 0 aromatic carbocycles. The van der Waals surface area contributed by atoms with E-state index in [1.807, 2.05) is 6.92 Å². The Morgan fingerprint density at radius 3 is 2.80 bits per heavy atom. The predicted octanol–water partition coefficient (Wildman–Crippen LogP) is 0.836. The fraction of sp³-hybridized carbons (Fsp3) is 0.667. The standard InChI is InChI=1S/C12H19N3O3S2/c1-10-13-11(8-19-10)9-20(17,18)14(2)6-7-15-5-3-4-12(15)16/h8H,3-7,9H2,1-2H3. The number of carbonyl (C=O) groups is 1. The molecule has 1 fully saturated rings. The first kappa shape index (κ1) is 15.4. The Morgan fingerprint density at radius 2 is 2.25 bits per heavy atom. The largest absolute Gasteiger partial charge is 0.341 e. The number of amides is 1. The molecule has 112 valence electrons. The third-order valence-electron chi connectivity index (χ3n) is 3.33. The summed E-state index contributed by atoms with van der Waals surface area (Å²) in [5.41, 5.74) is 0.580. The molecule has 1 amide bonds. The summed E-state index contributed by atoms with van der Waals surface area (Å²) in [7, 11) is -1.82. The molecule has 1 aliphatic heterocycles. The SMILES string of the molecule is Cc1nc(CS(=O)(=O)N(C)CCN2CCCC2=O)cs1. The topological polar surface area (TPSA) is 70.6 Å². The second-order valence-corrected chi connectivity index (χ2v) is 8.06. The summed E-state index contributed by atoms with van der Waals surface area (Å²) >= 11 is 1.44. The van der Waals surface area contributed by atoms with Gasteiger partial charge in [-0.2, -0.15) is 0 Å². The number of thiazole rings is 1. The van der Waals surface area contributed by atoms with Crippen molar-refractivity contribution in [1.82, 2.24) is 14.2 Å². The molecule has 1 saturated heterocycles. The van der Waals surface area contributed by atoms with E-state index in [9.17, 15) is 13.2 Å². The van der Waals surface area contributed by atoms with E-state index < -0.39 is 10.0 Å². The van der Waals surface area contributed by atoms with Crippen LogP contribution in [0.15, 0.2) is 5.38 Å². The van der Waals surface area contributed by atoms with Crippen LogP contribution in [-0.2, 0) is 20.6 Å². The van der Waals surface area contributed by atoms with Crippen molar-refractivity contribution in [2.45, 2.75) is 25.5 Å². The van der Waals surface area contributed by atoms with Crippen LogP contribution in [0, 0.1) is 6.92 Å². The molecule has 0 unspecified atom stereocenters. The van der Waals surface area contributed by atoms with Gasteiger partial charge in [0, 0.05) is 38.5 Å². The molecule has 0 aliphatic carbocycles. The predicted molar refractivity (Wildman–Crippen MR) is 77.9 cm³/mol. The van der Waals surface area contributed by atoms with Crippen molar-refractivity contribution in [2.75, 3.05) is 26.7 Å². The Morgan fingerprint density at radius 1 is 1.50 bits per heavy atom. The van der Waals surface area contributed by atoms with Crippen LogP contribution in [-0.4, -0.2) is 55.2 Å². The molecule has 0 spiro atoms. The number of hydrogen-bond donors (Lipinski definition) is 0. The third kappa shape index (κ3) is 3.77. The molecule has 2 rings (SSSR count). The van der Waals surface area contributed by atoms with Crippen LogP contribution < -0.4 is 0 Å². The van der Waals surface area contributed by atoms with E-state index >= 15 is 0 Å². The smallest absolute Gasteiger partial charge is 0.222 e. The highest BCUT2D eigenvalue weighted by Gasteiger charge is 2.24. The Balaban J connectivity index is 1.90. The highest BCUT2D eigenvalue weighted by atomic mass is 32.2. The number of hydrogen-bond acceptors (Lipinski definition) is 5. The molecule has 20 heavy (non-hydrogen) atoms. The summed E-state index contributed by atoms with van der Waals surface area (Å²) in [4.78, 5) is 17.4. The Hall–Kier alpha value is -0.990. The summed E-state index contributed by atoms with van der Waals surface area (Å²) in [6.07, 6.45) is 1.45. The minimum Gasteiger partial charge on any atom is -0.341 e. The minimum absolute atomic E-state index is 0.0816. The number of aryl methyl sites for hydroxylation is 1. The molecule has 0 N–H and O–H groups in total. The summed E-state index contributed by atoms with van der Waals surface area (Å²) < 4.78 is 25.7. The normalized spacial score (nSPS) is 16.4. The quantitative estimate of drug-likeness (QED) is 0.779. The molecule has 1 aromatic rings. The van der Waals surface area contributed by atoms with Gasteiger partial charge in [0.15, 0.2) is 0 Å². The molecule has 6 nitrogen and oxygen atoms in total. The van der Waals surface area contributed by atoms with Gasteiger partial charge in [-0.1, -0.05) is 0 Å². The summed E-state index contributed by atoms with van der Waals surface area (Å²) in [6.45, 7) is 3.38. The summed E-state index contributed by atoms with van der Waals surface area (Å²) in [6, 6.07) is 0. The lowest BCUT2D eigenvalue weighted by atomic mass is 10.4. The lowest BCUT2D eigenvalue weighted by Crippen LogP contribution is -2.37. The van der Waals surface area contributed by atoms with Crippen molar-refractivity contribution in [3.63, 3.8) is 0 Å². The number of nitrogens with zero attached hydrogens (tertiary/aromatic N) is 3. The summed E-state index contributed by atoms with van der Waals surface area (Å²) in [5.74, 6) is 0.0350. The van der Waals surface area contributed by atoms with E-state index in [1.165, 1.54) is 15.6 Å². The van der Waals surface area contributed by atoms with Crippen LogP contribution >= 0.6 is 11.3 Å². The Labute approximate surface area is 123 Å². The monoisotopic (exact) mass is 317 g/mol. The second-order valence-electron chi connectivity index (χ2n) is 4.92. The van der Waals surface area contributed by atoms with Gasteiger partial charge in [-0.05, 0) is 13.3 Å². The van der Waals surface area contributed by atoms with Crippen LogP contribution in [0.25, 0.3) is 0 Å². The zero-order valence-electron chi connectivity index (χ0n) is 11.7. The maximum Gasteiger partial charge on any atom is 0.222 e. The van der Waals surface area contributed by atoms with Crippen LogP contribution in [0.3, 0.4) is 0 Å². The number of likely N-dealkylation sites (tertiary alicyclic amines) is 1. The average Bonchev–Trinajstić information content (AvgIpc) is 2.95. The van der Waals surface area contributed by atoms with E-state index in [0.717, 1.165) is 18.0 Å². The molecule has 0 radical (unpaired) electrons. The highest BCUT2D eigenvalue weighted by Crippen LogP contribution is 2.14. The van der Waals surface area contributed by atoms with Crippen molar-refractivity contribution < 1.29 is 13.2 Å². The molecule has 0 atom stereocenters. The van der Waals surface area contributed by atoms with Gasteiger partial charge in [-0.25, -0.2) is 17.7 Å². The maximum absolute atomic E-state index is 12.2. The van der Waals surface area contributed by atoms with Gasteiger partial charge >= 0.3 is 0 Å². The van der Waals surface area contributed by atoms with Crippen molar-refractivity contribution in [1.29, 1.82) is 0 Å². The van der Waals surface area contributed by atoms with Gasteiger partial charge in [-0.15, -0.1) is 11.3 Å². The van der Waals surface area contributed by atoms with Crippen LogP contribution in [0.1, 0.15) is 23.5 Å². The fourth-order valence-electron chi connectivity index (χ4n) is 2.11. The van der Waals surface area contributed by atoms with Gasteiger partial charge in [0.2, 0.25) is 15.9 Å². The zero-order chi connectivity index (χ0) is 14.8. The van der Waals surface area contributed by atoms with E-state index in [-0.39, 0.29) is 11.7 Å². The number of carbonyl (C=O) groups excluding carboxylic acids is 1. The van der Waals surface area contributed by atoms with Gasteiger partial charge in [-0.3, -0.25) is 4.79 Å². The number of rotatable bonds is 6. The number of sulfonamides is 1. The molecule has 0 bridgehead atoms. The van der Waals surface area contributed by atoms with Gasteiger partial charge in [0.05, 0.1) is 10.7 Å². The number of aromatic nitrogens is 1. The van der Waals surface area contributed by atoms with E-state index in [1.54, 1.807) is 17.3 Å². The molecule has 8 heteroatoms. The average molecular weight is 317 g/mol. The van der Waals surface area contributed by atoms with Gasteiger partial charge < -0.3 is 4.90 Å². The Bertz CT molecular complexity index is 583. The highest BCUT2D eigenvalue weighted by molar-refractivity contribution is 7.88. The van der Waals surface area contributed by atoms with Gasteiger partial charge in [0.1, 0.15) is 5.75 Å². The molecule has 0 saturated carbocycles. The summed E-state index contributed by atoms with van der Waals surface area (Å²) in [5, 5.41) is 2.63. The lowest BCUT2D eigenvalue weighted by Gasteiger charge is -2.21. The zero-order valence-corrected chi connectivity index (χ0v) is 13.3. The van der Waals surface area contributed by atoms with Crippen molar-refractivity contribution in [3.05, 3.63) is 16.1 Å². The third-order valence-corrected chi connectivity index (χ3v) is 5.94. The number of likely N-dealkylation sites (N-methyl/N-ethyl adjacent to an activating group) is 1. The minimum atomic E-state index is -3.37. The molecular formula is C12H19N3O3S2. The van der Waals surface area contributed by atoms with E-state index in [0.29, 0.717) is 25.2 Å². The molecule has 1 aliphatic rings. The first-order valence-electron chi connectivity index (χ1n) is 6.51. The maximum atomic E-state index is 12.2. The molecule has 1 aromatic heterocycles. The lowest BCUT2D eigenvalue weighted by molar-refractivity contribution is -0.127. The van der Waals surface area contributed by atoms with E-state index in [2.05, 4.69) is 4.98 Å². The molecular weight excluding hydrogens is 298 g/mol. The van der Waals surface area contributed by atoms with Crippen molar-refractivity contribution >= 4 is 27.3 Å². The van der Waals surface area contributed by atoms with E-state index in [4.69, 9.17) is 0 Å². The molecule has 2 heterocycles. The Kier molecular flexibility index (Phi) is 4.77. The van der Waals surface area contributed by atoms with Crippen molar-refractivity contribution in [3.8, 4) is 0 Å². The van der Waals surface area contributed by atoms with Gasteiger partial charge in [0.25, 0.3) is 0 Å². The van der Waals surface area contributed by atoms with Crippen LogP contribution in [0.4, 0.5) is 0 Å². The second kappa shape index (κ2) is 6.19. The fourth-order valence-corrected chi connectivity index (χ4v) is 3.93. The van der Waals surface area contributed by atoms with Crippen molar-refractivity contribution in [2.24, 2.45) is 0 Å². The van der Waals surface area contributed by atoms with Crippen LogP contribution in [0.5, 0.6) is 0 Å². The first-order valence-corrected chi connectivity index (χ1v) is 9.00. The first-order chi connectivity index (χ1) is 9.38. The van der Waals surface area contributed by atoms with Crippen LogP contribution in [0.2, 0.25) is 0 Å².